The average molecular weight is 197 g/mol. The van der Waals surface area contributed by atoms with Crippen LogP contribution in [0.1, 0.15) is 52.9 Å². The summed E-state index contributed by atoms with van der Waals surface area (Å²) in [5, 5.41) is 0. The van der Waals surface area contributed by atoms with Gasteiger partial charge in [0.1, 0.15) is 0 Å². The van der Waals surface area contributed by atoms with Crippen LogP contribution in [0.4, 0.5) is 0 Å². The van der Waals surface area contributed by atoms with Gasteiger partial charge in [0.2, 0.25) is 0 Å². The van der Waals surface area contributed by atoms with Crippen molar-refractivity contribution in [3.8, 4) is 0 Å². The Morgan fingerprint density at radius 1 is 1.14 bits per heavy atom. The van der Waals surface area contributed by atoms with Crippen molar-refractivity contribution < 1.29 is 0 Å². The molecule has 0 aliphatic heterocycles. The van der Waals surface area contributed by atoms with Crippen LogP contribution in [0.5, 0.6) is 0 Å². The molecule has 1 saturated carbocycles. The minimum Gasteiger partial charge on any atom is -0.306 e. The molecule has 84 valence electrons. The van der Waals surface area contributed by atoms with Gasteiger partial charge >= 0.3 is 0 Å². The van der Waals surface area contributed by atoms with Gasteiger partial charge in [-0.05, 0) is 31.2 Å². The van der Waals surface area contributed by atoms with Crippen molar-refractivity contribution in [2.24, 2.45) is 11.3 Å². The van der Waals surface area contributed by atoms with Gasteiger partial charge in [0.05, 0.1) is 0 Å². The molecular formula is C13H27N. The maximum Gasteiger partial charge on any atom is 0.00324 e. The van der Waals surface area contributed by atoms with Gasteiger partial charge in [0, 0.05) is 13.1 Å². The van der Waals surface area contributed by atoms with Crippen LogP contribution >= 0.6 is 0 Å². The Morgan fingerprint density at radius 3 is 2.21 bits per heavy atom. The summed E-state index contributed by atoms with van der Waals surface area (Å²) in [6.45, 7) is 9.63. The zero-order chi connectivity index (χ0) is 10.6. The molecule has 1 fully saturated rings. The van der Waals surface area contributed by atoms with Crippen LogP contribution in [0.15, 0.2) is 0 Å². The van der Waals surface area contributed by atoms with Crippen molar-refractivity contribution in [2.45, 2.75) is 52.9 Å². The molecule has 0 aromatic heterocycles. The maximum absolute atomic E-state index is 2.52. The van der Waals surface area contributed by atoms with Gasteiger partial charge in [-0.15, -0.1) is 0 Å². The van der Waals surface area contributed by atoms with E-state index < -0.39 is 0 Å². The largest absolute Gasteiger partial charge is 0.306 e. The van der Waals surface area contributed by atoms with E-state index in [0.717, 1.165) is 5.92 Å². The summed E-state index contributed by atoms with van der Waals surface area (Å²) < 4.78 is 0. The molecule has 14 heavy (non-hydrogen) atoms. The Kier molecular flexibility index (Phi) is 4.43. The van der Waals surface area contributed by atoms with Crippen LogP contribution in [-0.4, -0.2) is 25.0 Å². The van der Waals surface area contributed by atoms with Crippen LogP contribution in [-0.2, 0) is 0 Å². The second-order valence-corrected chi connectivity index (χ2v) is 5.96. The fourth-order valence-corrected chi connectivity index (χ4v) is 2.90. The molecule has 0 aromatic carbocycles. The highest BCUT2D eigenvalue weighted by molar-refractivity contribution is 4.81. The van der Waals surface area contributed by atoms with Crippen LogP contribution in [0.2, 0.25) is 0 Å². The van der Waals surface area contributed by atoms with E-state index in [1.807, 2.05) is 0 Å². The van der Waals surface area contributed by atoms with Crippen molar-refractivity contribution >= 4 is 0 Å². The summed E-state index contributed by atoms with van der Waals surface area (Å²) in [6, 6.07) is 0. The molecule has 0 amide bonds. The quantitative estimate of drug-likeness (QED) is 0.666. The van der Waals surface area contributed by atoms with Crippen molar-refractivity contribution in [1.29, 1.82) is 0 Å². The zero-order valence-corrected chi connectivity index (χ0v) is 10.5. The van der Waals surface area contributed by atoms with Gasteiger partial charge in [-0.1, -0.05) is 40.0 Å². The monoisotopic (exact) mass is 197 g/mol. The van der Waals surface area contributed by atoms with E-state index >= 15 is 0 Å². The SMILES string of the molecule is CC(C)CN(C)CC1(C)CCCCC1. The Bertz CT molecular complexity index is 157. The predicted molar refractivity (Wildman–Crippen MR) is 63.5 cm³/mol. The highest BCUT2D eigenvalue weighted by Gasteiger charge is 2.27. The Labute approximate surface area is 89.9 Å². The normalized spacial score (nSPS) is 21.9. The van der Waals surface area contributed by atoms with Gasteiger partial charge in [0.25, 0.3) is 0 Å². The van der Waals surface area contributed by atoms with E-state index in [1.54, 1.807) is 0 Å². The molecule has 0 unspecified atom stereocenters. The molecule has 1 aliphatic carbocycles. The molecule has 0 N–H and O–H groups in total. The number of rotatable bonds is 4. The summed E-state index contributed by atoms with van der Waals surface area (Å²) in [7, 11) is 2.28. The van der Waals surface area contributed by atoms with Crippen molar-refractivity contribution in [1.82, 2.24) is 4.90 Å². The molecule has 0 bridgehead atoms. The van der Waals surface area contributed by atoms with Gasteiger partial charge < -0.3 is 4.90 Å². The summed E-state index contributed by atoms with van der Waals surface area (Å²) in [4.78, 5) is 2.52. The van der Waals surface area contributed by atoms with E-state index in [2.05, 4.69) is 32.7 Å². The zero-order valence-electron chi connectivity index (χ0n) is 10.5. The molecule has 1 rings (SSSR count). The second-order valence-electron chi connectivity index (χ2n) is 5.96. The van der Waals surface area contributed by atoms with E-state index in [0.29, 0.717) is 5.41 Å². The van der Waals surface area contributed by atoms with Crippen molar-refractivity contribution in [2.75, 3.05) is 20.1 Å². The minimum absolute atomic E-state index is 0.613. The first kappa shape index (κ1) is 12.0. The molecule has 0 radical (unpaired) electrons. The smallest absolute Gasteiger partial charge is 0.00324 e. The molecule has 1 heteroatoms. The van der Waals surface area contributed by atoms with Crippen LogP contribution in [0.3, 0.4) is 0 Å². The van der Waals surface area contributed by atoms with Gasteiger partial charge in [0.15, 0.2) is 0 Å². The fourth-order valence-electron chi connectivity index (χ4n) is 2.90. The second kappa shape index (κ2) is 5.16. The summed E-state index contributed by atoms with van der Waals surface area (Å²) in [5.41, 5.74) is 0.613. The Hall–Kier alpha value is -0.0400. The van der Waals surface area contributed by atoms with Gasteiger partial charge in [-0.3, -0.25) is 0 Å². The molecule has 0 atom stereocenters. The first-order valence-electron chi connectivity index (χ1n) is 6.20. The Balaban J connectivity index is 2.33. The third kappa shape index (κ3) is 4.00. The minimum atomic E-state index is 0.613. The fraction of sp³-hybridized carbons (Fsp3) is 1.00. The van der Waals surface area contributed by atoms with E-state index in [-0.39, 0.29) is 0 Å². The lowest BCUT2D eigenvalue weighted by atomic mass is 9.75. The van der Waals surface area contributed by atoms with E-state index in [4.69, 9.17) is 0 Å². The molecule has 0 heterocycles. The van der Waals surface area contributed by atoms with Crippen LogP contribution in [0, 0.1) is 11.3 Å². The molecular weight excluding hydrogens is 170 g/mol. The van der Waals surface area contributed by atoms with Crippen LogP contribution < -0.4 is 0 Å². The maximum atomic E-state index is 2.52. The third-order valence-corrected chi connectivity index (χ3v) is 3.39. The van der Waals surface area contributed by atoms with Gasteiger partial charge in [-0.25, -0.2) is 0 Å². The molecule has 0 saturated heterocycles. The highest BCUT2D eigenvalue weighted by Crippen LogP contribution is 2.36. The average Bonchev–Trinajstić information content (AvgIpc) is 2.02. The molecule has 0 spiro atoms. The van der Waals surface area contributed by atoms with Crippen molar-refractivity contribution in [3.05, 3.63) is 0 Å². The van der Waals surface area contributed by atoms with Crippen molar-refractivity contribution in [3.63, 3.8) is 0 Å². The molecule has 1 aliphatic rings. The summed E-state index contributed by atoms with van der Waals surface area (Å²) in [6.07, 6.45) is 7.24. The number of nitrogens with zero attached hydrogens (tertiary/aromatic N) is 1. The van der Waals surface area contributed by atoms with Gasteiger partial charge in [-0.2, -0.15) is 0 Å². The molecule has 1 nitrogen and oxygen atoms in total. The lowest BCUT2D eigenvalue weighted by Crippen LogP contribution is -2.36. The van der Waals surface area contributed by atoms with E-state index in [9.17, 15) is 0 Å². The van der Waals surface area contributed by atoms with Crippen LogP contribution in [0.25, 0.3) is 0 Å². The Morgan fingerprint density at radius 2 is 1.71 bits per heavy atom. The number of hydrogen-bond acceptors (Lipinski definition) is 1. The topological polar surface area (TPSA) is 3.24 Å². The summed E-state index contributed by atoms with van der Waals surface area (Å²) in [5.74, 6) is 0.798. The highest BCUT2D eigenvalue weighted by atomic mass is 15.1. The summed E-state index contributed by atoms with van der Waals surface area (Å²) >= 11 is 0. The third-order valence-electron chi connectivity index (χ3n) is 3.39. The predicted octanol–water partition coefficient (Wildman–Crippen LogP) is 3.54. The lowest BCUT2D eigenvalue weighted by molar-refractivity contribution is 0.131. The standard InChI is InChI=1S/C13H27N/c1-12(2)10-14(4)11-13(3)8-6-5-7-9-13/h12H,5-11H2,1-4H3. The number of hydrogen-bond donors (Lipinski definition) is 0. The first-order valence-corrected chi connectivity index (χ1v) is 6.20. The van der Waals surface area contributed by atoms with E-state index in [1.165, 1.54) is 45.2 Å². The first-order chi connectivity index (χ1) is 6.52. The molecule has 0 aromatic rings. The lowest BCUT2D eigenvalue weighted by Gasteiger charge is -2.37.